The van der Waals surface area contributed by atoms with Crippen molar-refractivity contribution >= 4 is 5.91 Å². The Kier molecular flexibility index (Phi) is 4.84. The van der Waals surface area contributed by atoms with Crippen molar-refractivity contribution in [3.63, 3.8) is 0 Å². The molecule has 4 rings (SSSR count). The van der Waals surface area contributed by atoms with Crippen molar-refractivity contribution in [2.75, 3.05) is 20.5 Å². The summed E-state index contributed by atoms with van der Waals surface area (Å²) in [6, 6.07) is 12.4. The molecular formula is C20H19N3O5. The van der Waals surface area contributed by atoms with Crippen molar-refractivity contribution in [3.05, 3.63) is 48.0 Å². The molecule has 0 saturated heterocycles. The van der Waals surface area contributed by atoms with E-state index in [1.807, 2.05) is 19.1 Å². The maximum absolute atomic E-state index is 13.1. The molecule has 1 aliphatic heterocycles. The second-order valence-corrected chi connectivity index (χ2v) is 6.08. The second-order valence-electron chi connectivity index (χ2n) is 6.08. The summed E-state index contributed by atoms with van der Waals surface area (Å²) in [6.07, 6.45) is 0.808. The standard InChI is InChI=1S/C20H19N3O5/c1-3-10-26-20-21-18(13-4-7-15(25-2)8-5-13)23(22-20)19(24)14-6-9-16-17(11-14)28-12-27-16/h4-9,11H,3,10,12H2,1-2H3. The predicted octanol–water partition coefficient (Wildman–Crippen LogP) is 3.16. The minimum Gasteiger partial charge on any atom is -0.497 e. The Hall–Kier alpha value is -3.55. The van der Waals surface area contributed by atoms with Crippen molar-refractivity contribution in [1.29, 1.82) is 0 Å². The Bertz CT molecular complexity index is 998. The van der Waals surface area contributed by atoms with Gasteiger partial charge in [-0.25, -0.2) is 0 Å². The van der Waals surface area contributed by atoms with Gasteiger partial charge in [0.2, 0.25) is 6.79 Å². The van der Waals surface area contributed by atoms with Crippen molar-refractivity contribution in [2.24, 2.45) is 0 Å². The molecule has 0 bridgehead atoms. The summed E-state index contributed by atoms with van der Waals surface area (Å²) in [6.45, 7) is 2.59. The number of rotatable bonds is 6. The topological polar surface area (TPSA) is 84.7 Å². The SMILES string of the molecule is CCCOc1nc(-c2ccc(OC)cc2)n(C(=O)c2ccc3c(c2)OCO3)n1. The third-order valence-electron chi connectivity index (χ3n) is 4.18. The highest BCUT2D eigenvalue weighted by molar-refractivity contribution is 5.98. The molecule has 0 amide bonds. The summed E-state index contributed by atoms with van der Waals surface area (Å²) in [5, 5.41) is 4.27. The van der Waals surface area contributed by atoms with E-state index in [0.29, 0.717) is 40.8 Å². The summed E-state index contributed by atoms with van der Waals surface area (Å²) in [5.74, 6) is 1.88. The van der Waals surface area contributed by atoms with Gasteiger partial charge in [0.25, 0.3) is 5.91 Å². The molecule has 0 unspecified atom stereocenters. The van der Waals surface area contributed by atoms with Crippen molar-refractivity contribution in [1.82, 2.24) is 14.8 Å². The number of hydrogen-bond donors (Lipinski definition) is 0. The summed E-state index contributed by atoms with van der Waals surface area (Å²) in [5.41, 5.74) is 1.12. The Morgan fingerprint density at radius 1 is 1.14 bits per heavy atom. The maximum Gasteiger partial charge on any atom is 0.336 e. The normalized spacial score (nSPS) is 12.1. The number of benzene rings is 2. The van der Waals surface area contributed by atoms with Crippen molar-refractivity contribution < 1.29 is 23.7 Å². The van der Waals surface area contributed by atoms with Crippen LogP contribution in [-0.4, -0.2) is 41.2 Å². The van der Waals surface area contributed by atoms with E-state index in [4.69, 9.17) is 18.9 Å². The molecule has 3 aromatic rings. The molecule has 1 aromatic heterocycles. The third kappa shape index (κ3) is 3.36. The van der Waals surface area contributed by atoms with Gasteiger partial charge < -0.3 is 18.9 Å². The zero-order chi connectivity index (χ0) is 19.5. The van der Waals surface area contributed by atoms with Gasteiger partial charge in [0.15, 0.2) is 17.3 Å². The largest absolute Gasteiger partial charge is 0.497 e. The minimum atomic E-state index is -0.344. The Balaban J connectivity index is 1.73. The van der Waals surface area contributed by atoms with Gasteiger partial charge >= 0.3 is 6.01 Å². The van der Waals surface area contributed by atoms with E-state index in [1.54, 1.807) is 37.4 Å². The molecule has 144 valence electrons. The average Bonchev–Trinajstić information content (AvgIpc) is 3.38. The van der Waals surface area contributed by atoms with Gasteiger partial charge in [-0.2, -0.15) is 9.67 Å². The highest BCUT2D eigenvalue weighted by Crippen LogP contribution is 2.33. The molecule has 2 aromatic carbocycles. The zero-order valence-electron chi connectivity index (χ0n) is 15.5. The van der Waals surface area contributed by atoms with Crippen molar-refractivity contribution in [2.45, 2.75) is 13.3 Å². The lowest BCUT2D eigenvalue weighted by atomic mass is 10.1. The van der Waals surface area contributed by atoms with E-state index in [9.17, 15) is 4.79 Å². The highest BCUT2D eigenvalue weighted by Gasteiger charge is 2.22. The first-order valence-electron chi connectivity index (χ1n) is 8.88. The molecule has 0 radical (unpaired) electrons. The summed E-state index contributed by atoms with van der Waals surface area (Å²) in [4.78, 5) is 17.5. The Morgan fingerprint density at radius 3 is 2.68 bits per heavy atom. The van der Waals surface area contributed by atoms with Gasteiger partial charge in [-0.3, -0.25) is 4.79 Å². The summed E-state index contributed by atoms with van der Waals surface area (Å²) in [7, 11) is 1.59. The molecule has 0 saturated carbocycles. The van der Waals surface area contributed by atoms with E-state index >= 15 is 0 Å². The Morgan fingerprint density at radius 2 is 1.93 bits per heavy atom. The molecule has 1 aliphatic rings. The van der Waals surface area contributed by atoms with E-state index in [1.165, 1.54) is 4.68 Å². The van der Waals surface area contributed by atoms with Gasteiger partial charge in [0.05, 0.1) is 13.7 Å². The number of aromatic nitrogens is 3. The average molecular weight is 381 g/mol. The molecule has 28 heavy (non-hydrogen) atoms. The molecule has 0 atom stereocenters. The fourth-order valence-electron chi connectivity index (χ4n) is 2.77. The first-order valence-corrected chi connectivity index (χ1v) is 8.88. The fourth-order valence-corrected chi connectivity index (χ4v) is 2.77. The quantitative estimate of drug-likeness (QED) is 0.648. The first-order chi connectivity index (χ1) is 13.7. The van der Waals surface area contributed by atoms with Gasteiger partial charge in [-0.05, 0) is 48.9 Å². The van der Waals surface area contributed by atoms with Gasteiger partial charge in [-0.1, -0.05) is 6.92 Å². The van der Waals surface area contributed by atoms with Crippen LogP contribution in [0.25, 0.3) is 11.4 Å². The first kappa shape index (κ1) is 17.8. The van der Waals surface area contributed by atoms with Crippen LogP contribution in [0, 0.1) is 0 Å². The van der Waals surface area contributed by atoms with Crippen LogP contribution < -0.4 is 18.9 Å². The fraction of sp³-hybridized carbons (Fsp3) is 0.250. The van der Waals surface area contributed by atoms with Crippen LogP contribution in [0.3, 0.4) is 0 Å². The van der Waals surface area contributed by atoms with Crippen LogP contribution in [0.15, 0.2) is 42.5 Å². The van der Waals surface area contributed by atoms with Crippen LogP contribution in [0.5, 0.6) is 23.3 Å². The van der Waals surface area contributed by atoms with Crippen molar-refractivity contribution in [3.8, 4) is 34.6 Å². The van der Waals surface area contributed by atoms with E-state index < -0.39 is 0 Å². The molecule has 0 fully saturated rings. The number of carbonyl (C=O) groups is 1. The third-order valence-corrected chi connectivity index (χ3v) is 4.18. The monoisotopic (exact) mass is 381 g/mol. The zero-order valence-corrected chi connectivity index (χ0v) is 15.5. The van der Waals surface area contributed by atoms with E-state index in [-0.39, 0.29) is 18.7 Å². The number of carbonyl (C=O) groups excluding carboxylic acids is 1. The second kappa shape index (κ2) is 7.59. The molecule has 0 aliphatic carbocycles. The molecule has 2 heterocycles. The maximum atomic E-state index is 13.1. The predicted molar refractivity (Wildman–Crippen MR) is 100 cm³/mol. The Labute approximate surface area is 161 Å². The van der Waals surface area contributed by atoms with Crippen LogP contribution >= 0.6 is 0 Å². The minimum absolute atomic E-state index is 0.141. The molecular weight excluding hydrogens is 362 g/mol. The summed E-state index contributed by atoms with van der Waals surface area (Å²) >= 11 is 0. The van der Waals surface area contributed by atoms with Gasteiger partial charge in [0.1, 0.15) is 5.75 Å². The van der Waals surface area contributed by atoms with Gasteiger partial charge in [-0.15, -0.1) is 5.10 Å². The number of ether oxygens (including phenoxy) is 4. The van der Waals surface area contributed by atoms with Crippen LogP contribution in [0.2, 0.25) is 0 Å². The lowest BCUT2D eigenvalue weighted by Gasteiger charge is -2.06. The molecule has 8 nitrogen and oxygen atoms in total. The highest BCUT2D eigenvalue weighted by atomic mass is 16.7. The number of fused-ring (bicyclic) bond motifs is 1. The smallest absolute Gasteiger partial charge is 0.336 e. The van der Waals surface area contributed by atoms with Crippen LogP contribution in [0.4, 0.5) is 0 Å². The van der Waals surface area contributed by atoms with Crippen LogP contribution in [0.1, 0.15) is 23.7 Å². The summed E-state index contributed by atoms with van der Waals surface area (Å²) < 4.78 is 22.6. The number of hydrogen-bond acceptors (Lipinski definition) is 7. The molecule has 8 heteroatoms. The van der Waals surface area contributed by atoms with E-state index in [2.05, 4.69) is 10.1 Å². The molecule has 0 N–H and O–H groups in total. The number of methoxy groups -OCH3 is 1. The van der Waals surface area contributed by atoms with E-state index in [0.717, 1.165) is 6.42 Å². The van der Waals surface area contributed by atoms with Crippen LogP contribution in [-0.2, 0) is 0 Å². The van der Waals surface area contributed by atoms with Gasteiger partial charge in [0, 0.05) is 11.1 Å². The molecule has 0 spiro atoms. The lowest BCUT2D eigenvalue weighted by Crippen LogP contribution is -2.15. The number of nitrogens with zero attached hydrogens (tertiary/aromatic N) is 3. The lowest BCUT2D eigenvalue weighted by molar-refractivity contribution is 0.0944.